The van der Waals surface area contributed by atoms with Crippen LogP contribution in [0.3, 0.4) is 0 Å². The number of rotatable bonds is 5. The van der Waals surface area contributed by atoms with Crippen LogP contribution in [0.1, 0.15) is 6.92 Å². The van der Waals surface area contributed by atoms with Crippen LogP contribution >= 0.6 is 0 Å². The molecule has 0 unspecified atom stereocenters. The summed E-state index contributed by atoms with van der Waals surface area (Å²) in [6.07, 6.45) is 1.15. The predicted octanol–water partition coefficient (Wildman–Crippen LogP) is 0.436. The van der Waals surface area contributed by atoms with Crippen LogP contribution in [0.4, 0.5) is 0 Å². The van der Waals surface area contributed by atoms with Crippen molar-refractivity contribution in [1.82, 2.24) is 9.80 Å². The van der Waals surface area contributed by atoms with E-state index < -0.39 is 0 Å². The Morgan fingerprint density at radius 3 is 2.50 bits per heavy atom. The molecule has 1 rings (SSSR count). The monoisotopic (exact) mass is 252 g/mol. The summed E-state index contributed by atoms with van der Waals surface area (Å²) in [6.45, 7) is 12.7. The molecule has 5 nitrogen and oxygen atoms in total. The normalized spacial score (nSPS) is 16.1. The summed E-state index contributed by atoms with van der Waals surface area (Å²) >= 11 is 0. The van der Waals surface area contributed by atoms with E-state index in [1.165, 1.54) is 4.90 Å². The number of hydrogen-bond acceptors (Lipinski definition) is 4. The number of morpholine rings is 1. The van der Waals surface area contributed by atoms with E-state index in [9.17, 15) is 9.59 Å². The van der Waals surface area contributed by atoms with Crippen LogP contribution in [0, 0.1) is 0 Å². The average Bonchev–Trinajstić information content (AvgIpc) is 2.39. The first-order valence-corrected chi connectivity index (χ1v) is 6.00. The van der Waals surface area contributed by atoms with Gasteiger partial charge in [-0.15, -0.1) is 0 Å². The van der Waals surface area contributed by atoms with Crippen LogP contribution < -0.4 is 0 Å². The van der Waals surface area contributed by atoms with Gasteiger partial charge in [-0.3, -0.25) is 19.4 Å². The van der Waals surface area contributed by atoms with Crippen molar-refractivity contribution in [1.29, 1.82) is 0 Å². The molecule has 100 valence electrons. The van der Waals surface area contributed by atoms with Gasteiger partial charge in [0.15, 0.2) is 0 Å². The summed E-state index contributed by atoms with van der Waals surface area (Å²) in [6, 6.07) is 0. The second-order valence-corrected chi connectivity index (χ2v) is 4.23. The van der Waals surface area contributed by atoms with Crippen molar-refractivity contribution in [3.8, 4) is 0 Å². The van der Waals surface area contributed by atoms with Crippen molar-refractivity contribution < 1.29 is 14.3 Å². The van der Waals surface area contributed by atoms with Gasteiger partial charge in [-0.05, 0) is 13.0 Å². The van der Waals surface area contributed by atoms with E-state index in [1.54, 1.807) is 6.92 Å². The Labute approximate surface area is 108 Å². The molecule has 0 aromatic heterocycles. The zero-order valence-electron chi connectivity index (χ0n) is 10.9. The van der Waals surface area contributed by atoms with Crippen LogP contribution in [0.25, 0.3) is 0 Å². The third-order valence-electron chi connectivity index (χ3n) is 2.79. The summed E-state index contributed by atoms with van der Waals surface area (Å²) in [7, 11) is 0. The molecule has 1 aliphatic rings. The highest BCUT2D eigenvalue weighted by molar-refractivity contribution is 6.06. The van der Waals surface area contributed by atoms with Gasteiger partial charge in [0.1, 0.15) is 0 Å². The minimum atomic E-state index is -0.378. The van der Waals surface area contributed by atoms with Gasteiger partial charge in [-0.25, -0.2) is 0 Å². The second-order valence-electron chi connectivity index (χ2n) is 4.23. The molecular weight excluding hydrogens is 232 g/mol. The fourth-order valence-electron chi connectivity index (χ4n) is 1.72. The highest BCUT2D eigenvalue weighted by atomic mass is 16.5. The lowest BCUT2D eigenvalue weighted by molar-refractivity contribution is -0.139. The maximum atomic E-state index is 11.8. The molecule has 1 fully saturated rings. The molecule has 0 saturated carbocycles. The van der Waals surface area contributed by atoms with Crippen molar-refractivity contribution in [2.24, 2.45) is 0 Å². The van der Waals surface area contributed by atoms with E-state index in [0.29, 0.717) is 31.9 Å². The summed E-state index contributed by atoms with van der Waals surface area (Å²) in [5.41, 5.74) is 0.354. The molecule has 0 spiro atoms. The van der Waals surface area contributed by atoms with E-state index in [1.807, 2.05) is 0 Å². The molecule has 1 aliphatic heterocycles. The van der Waals surface area contributed by atoms with Gasteiger partial charge >= 0.3 is 0 Å². The molecular formula is C13H20N2O3. The van der Waals surface area contributed by atoms with E-state index in [4.69, 9.17) is 4.74 Å². The van der Waals surface area contributed by atoms with Gasteiger partial charge in [0.05, 0.1) is 13.2 Å². The summed E-state index contributed by atoms with van der Waals surface area (Å²) < 4.78 is 5.24. The Morgan fingerprint density at radius 2 is 2.00 bits per heavy atom. The van der Waals surface area contributed by atoms with Crippen molar-refractivity contribution in [3.05, 3.63) is 24.8 Å². The minimum Gasteiger partial charge on any atom is -0.379 e. The van der Waals surface area contributed by atoms with E-state index >= 15 is 0 Å². The van der Waals surface area contributed by atoms with Gasteiger partial charge in [0.25, 0.3) is 11.8 Å². The fourth-order valence-corrected chi connectivity index (χ4v) is 1.72. The predicted molar refractivity (Wildman–Crippen MR) is 69.0 cm³/mol. The number of carbonyl (C=O) groups is 2. The molecule has 0 radical (unpaired) electrons. The van der Waals surface area contributed by atoms with E-state index in [2.05, 4.69) is 18.1 Å². The molecule has 0 bridgehead atoms. The second kappa shape index (κ2) is 7.08. The molecule has 2 amide bonds. The molecule has 0 aromatic rings. The lowest BCUT2D eigenvalue weighted by Gasteiger charge is -2.29. The first-order chi connectivity index (χ1) is 8.56. The standard InChI is InChI=1S/C13H20N2O3/c1-4-12(16)15(13(17)11(2)3)6-5-14-7-9-18-10-8-14/h4H,1-2,5-10H2,3H3. The molecule has 1 saturated heterocycles. The highest BCUT2D eigenvalue weighted by Crippen LogP contribution is 2.03. The van der Waals surface area contributed by atoms with Gasteiger partial charge in [0.2, 0.25) is 0 Å². The maximum Gasteiger partial charge on any atom is 0.255 e. The molecule has 1 heterocycles. The Kier molecular flexibility index (Phi) is 5.74. The van der Waals surface area contributed by atoms with E-state index in [0.717, 1.165) is 19.2 Å². The minimum absolute atomic E-state index is 0.340. The number of imide groups is 1. The maximum absolute atomic E-state index is 11.8. The topological polar surface area (TPSA) is 49.9 Å². The summed E-state index contributed by atoms with van der Waals surface area (Å²) in [5.74, 6) is -0.718. The van der Waals surface area contributed by atoms with Gasteiger partial charge in [-0.2, -0.15) is 0 Å². The van der Waals surface area contributed by atoms with Gasteiger partial charge in [0, 0.05) is 31.8 Å². The Morgan fingerprint density at radius 1 is 1.39 bits per heavy atom. The zero-order chi connectivity index (χ0) is 13.5. The van der Waals surface area contributed by atoms with Crippen LogP contribution in [-0.4, -0.2) is 61.0 Å². The molecule has 0 N–H and O–H groups in total. The van der Waals surface area contributed by atoms with Crippen molar-refractivity contribution in [2.75, 3.05) is 39.4 Å². The molecule has 0 atom stereocenters. The molecule has 0 aromatic carbocycles. The average molecular weight is 252 g/mol. The van der Waals surface area contributed by atoms with Crippen molar-refractivity contribution >= 4 is 11.8 Å². The Balaban J connectivity index is 2.55. The first kappa shape index (κ1) is 14.6. The zero-order valence-corrected chi connectivity index (χ0v) is 10.9. The van der Waals surface area contributed by atoms with E-state index in [-0.39, 0.29) is 11.8 Å². The summed E-state index contributed by atoms with van der Waals surface area (Å²) in [5, 5.41) is 0. The SMILES string of the molecule is C=CC(=O)N(CCN1CCOCC1)C(=O)C(=C)C. The lowest BCUT2D eigenvalue weighted by atomic mass is 10.2. The molecule has 5 heteroatoms. The lowest BCUT2D eigenvalue weighted by Crippen LogP contribution is -2.45. The smallest absolute Gasteiger partial charge is 0.255 e. The first-order valence-electron chi connectivity index (χ1n) is 6.00. The fraction of sp³-hybridized carbons (Fsp3) is 0.538. The quantitative estimate of drug-likeness (QED) is 0.666. The number of nitrogens with zero attached hydrogens (tertiary/aromatic N) is 2. The molecule has 18 heavy (non-hydrogen) atoms. The van der Waals surface area contributed by atoms with Crippen LogP contribution in [0.5, 0.6) is 0 Å². The summed E-state index contributed by atoms with van der Waals surface area (Å²) in [4.78, 5) is 26.8. The van der Waals surface area contributed by atoms with Crippen molar-refractivity contribution in [3.63, 3.8) is 0 Å². The van der Waals surface area contributed by atoms with Crippen LogP contribution in [0.15, 0.2) is 24.8 Å². The van der Waals surface area contributed by atoms with Crippen molar-refractivity contribution in [2.45, 2.75) is 6.92 Å². The van der Waals surface area contributed by atoms with Crippen LogP contribution in [0.2, 0.25) is 0 Å². The highest BCUT2D eigenvalue weighted by Gasteiger charge is 2.21. The molecule has 0 aliphatic carbocycles. The number of ether oxygens (including phenoxy) is 1. The third kappa shape index (κ3) is 4.09. The Bertz CT molecular complexity index is 346. The largest absolute Gasteiger partial charge is 0.379 e. The van der Waals surface area contributed by atoms with Gasteiger partial charge in [-0.1, -0.05) is 13.2 Å². The number of hydrogen-bond donors (Lipinski definition) is 0. The Hall–Kier alpha value is -1.46. The van der Waals surface area contributed by atoms with Crippen LogP contribution in [-0.2, 0) is 14.3 Å². The number of carbonyl (C=O) groups excluding carboxylic acids is 2. The van der Waals surface area contributed by atoms with Gasteiger partial charge < -0.3 is 4.74 Å². The number of amides is 2. The third-order valence-corrected chi connectivity index (χ3v) is 2.79.